The predicted molar refractivity (Wildman–Crippen MR) is 94.5 cm³/mol. The highest BCUT2D eigenvalue weighted by molar-refractivity contribution is 7.80. The fourth-order valence-electron chi connectivity index (χ4n) is 1.74. The Morgan fingerprint density at radius 1 is 1.10 bits per heavy atom. The van der Waals surface area contributed by atoms with Crippen molar-refractivity contribution in [2.75, 3.05) is 5.32 Å². The van der Waals surface area contributed by atoms with Gasteiger partial charge in [0.25, 0.3) is 0 Å². The predicted octanol–water partition coefficient (Wildman–Crippen LogP) is 3.98. The molecule has 0 atom stereocenters. The Kier molecular flexibility index (Phi) is 5.67. The highest BCUT2D eigenvalue weighted by atomic mass is 32.1. The Labute approximate surface area is 130 Å². The molecule has 21 heavy (non-hydrogen) atoms. The molecule has 2 aromatic carbocycles. The maximum atomic E-state index is 5.16. The Hall–Kier alpha value is -2.46. The second-order valence-electron chi connectivity index (χ2n) is 4.48. The number of aryl methyl sites for hydroxylation is 1. The molecule has 2 aromatic rings. The van der Waals surface area contributed by atoms with Crippen molar-refractivity contribution >= 4 is 35.3 Å². The molecular weight excluding hydrogens is 278 g/mol. The molecule has 3 nitrogen and oxygen atoms in total. The van der Waals surface area contributed by atoms with Crippen LogP contribution in [-0.2, 0) is 0 Å². The van der Waals surface area contributed by atoms with Gasteiger partial charge in [-0.15, -0.1) is 0 Å². The SMILES string of the molecule is Cc1cccc(NC(=S)N/N=C/C=C/c2ccccc2)c1. The molecule has 0 saturated carbocycles. The van der Waals surface area contributed by atoms with Crippen molar-refractivity contribution < 1.29 is 0 Å². The van der Waals surface area contributed by atoms with E-state index in [4.69, 9.17) is 12.2 Å². The van der Waals surface area contributed by atoms with Gasteiger partial charge in [-0.2, -0.15) is 5.10 Å². The summed E-state index contributed by atoms with van der Waals surface area (Å²) < 4.78 is 0. The maximum Gasteiger partial charge on any atom is 0.191 e. The molecular formula is C17H17N3S. The molecule has 2 N–H and O–H groups in total. The zero-order chi connectivity index (χ0) is 14.9. The Morgan fingerprint density at radius 3 is 2.67 bits per heavy atom. The van der Waals surface area contributed by atoms with Gasteiger partial charge >= 0.3 is 0 Å². The van der Waals surface area contributed by atoms with E-state index in [1.54, 1.807) is 6.21 Å². The third-order valence-corrected chi connectivity index (χ3v) is 2.88. The number of allylic oxidation sites excluding steroid dienone is 1. The van der Waals surface area contributed by atoms with E-state index in [9.17, 15) is 0 Å². The number of nitrogens with zero attached hydrogens (tertiary/aromatic N) is 1. The van der Waals surface area contributed by atoms with Gasteiger partial charge in [-0.1, -0.05) is 48.5 Å². The maximum absolute atomic E-state index is 5.16. The Morgan fingerprint density at radius 2 is 1.90 bits per heavy atom. The van der Waals surface area contributed by atoms with Crippen molar-refractivity contribution in [3.63, 3.8) is 0 Å². The van der Waals surface area contributed by atoms with Gasteiger partial charge in [-0.3, -0.25) is 5.43 Å². The van der Waals surface area contributed by atoms with Crippen LogP contribution >= 0.6 is 12.2 Å². The molecule has 0 fully saturated rings. The third kappa shape index (κ3) is 5.58. The summed E-state index contributed by atoms with van der Waals surface area (Å²) >= 11 is 5.16. The van der Waals surface area contributed by atoms with Gasteiger partial charge in [0.2, 0.25) is 0 Å². The van der Waals surface area contributed by atoms with Gasteiger partial charge < -0.3 is 5.32 Å². The first kappa shape index (κ1) is 14.9. The Bertz CT molecular complexity index is 648. The smallest absolute Gasteiger partial charge is 0.191 e. The van der Waals surface area contributed by atoms with Gasteiger partial charge in [0.05, 0.1) is 0 Å². The number of rotatable bonds is 4. The first-order valence-corrected chi connectivity index (χ1v) is 7.03. The Balaban J connectivity index is 1.79. The first-order valence-electron chi connectivity index (χ1n) is 6.62. The summed E-state index contributed by atoms with van der Waals surface area (Å²) in [5.74, 6) is 0. The fraction of sp³-hybridized carbons (Fsp3) is 0.0588. The molecule has 4 heteroatoms. The van der Waals surface area contributed by atoms with E-state index < -0.39 is 0 Å². The third-order valence-electron chi connectivity index (χ3n) is 2.69. The number of hydrazone groups is 1. The van der Waals surface area contributed by atoms with Crippen LogP contribution in [0.3, 0.4) is 0 Å². The highest BCUT2D eigenvalue weighted by Gasteiger charge is 1.95. The molecule has 0 spiro atoms. The minimum atomic E-state index is 0.463. The van der Waals surface area contributed by atoms with E-state index in [1.807, 2.05) is 73.7 Å². The average molecular weight is 295 g/mol. The zero-order valence-corrected chi connectivity index (χ0v) is 12.6. The van der Waals surface area contributed by atoms with Crippen LogP contribution in [0, 0.1) is 6.92 Å². The van der Waals surface area contributed by atoms with E-state index in [-0.39, 0.29) is 0 Å². The van der Waals surface area contributed by atoms with E-state index in [0.29, 0.717) is 5.11 Å². The number of thiocarbonyl (C=S) groups is 1. The number of benzene rings is 2. The molecule has 0 aliphatic carbocycles. The van der Waals surface area contributed by atoms with Gasteiger partial charge in [-0.05, 0) is 48.5 Å². The van der Waals surface area contributed by atoms with E-state index in [0.717, 1.165) is 11.3 Å². The average Bonchev–Trinajstić information content (AvgIpc) is 2.48. The number of nitrogens with one attached hydrogen (secondary N) is 2. The molecule has 0 aliphatic heterocycles. The topological polar surface area (TPSA) is 36.4 Å². The lowest BCUT2D eigenvalue weighted by atomic mass is 10.2. The van der Waals surface area contributed by atoms with Crippen LogP contribution < -0.4 is 10.7 Å². The molecule has 106 valence electrons. The monoisotopic (exact) mass is 295 g/mol. The lowest BCUT2D eigenvalue weighted by Gasteiger charge is -2.06. The van der Waals surface area contributed by atoms with Crippen molar-refractivity contribution in [1.29, 1.82) is 0 Å². The summed E-state index contributed by atoms with van der Waals surface area (Å²) in [4.78, 5) is 0. The van der Waals surface area contributed by atoms with Crippen LogP contribution in [-0.4, -0.2) is 11.3 Å². The normalized spacial score (nSPS) is 10.9. The lowest BCUT2D eigenvalue weighted by molar-refractivity contribution is 1.05. The van der Waals surface area contributed by atoms with Crippen molar-refractivity contribution in [2.45, 2.75) is 6.92 Å². The molecule has 0 unspecified atom stereocenters. The molecule has 0 bridgehead atoms. The molecule has 0 amide bonds. The summed E-state index contributed by atoms with van der Waals surface area (Å²) in [5.41, 5.74) is 6.03. The standard InChI is InChI=1S/C17H17N3S/c1-14-7-5-11-16(13-14)19-17(21)20-18-12-6-10-15-8-3-2-4-9-15/h2-13H,1H3,(H2,19,20,21)/b10-6+,18-12+. The second kappa shape index (κ2) is 7.97. The summed E-state index contributed by atoms with van der Waals surface area (Å²) in [6, 6.07) is 18.0. The first-order chi connectivity index (χ1) is 10.2. The van der Waals surface area contributed by atoms with Gasteiger partial charge in [0, 0.05) is 11.9 Å². The van der Waals surface area contributed by atoms with Gasteiger partial charge in [-0.25, -0.2) is 0 Å². The molecule has 0 aliphatic rings. The number of hydrogen-bond donors (Lipinski definition) is 2. The second-order valence-corrected chi connectivity index (χ2v) is 4.89. The van der Waals surface area contributed by atoms with Crippen molar-refractivity contribution in [1.82, 2.24) is 5.43 Å². The number of hydrogen-bond acceptors (Lipinski definition) is 2. The molecule has 0 saturated heterocycles. The van der Waals surface area contributed by atoms with Gasteiger partial charge in [0.1, 0.15) is 0 Å². The van der Waals surface area contributed by atoms with Crippen LogP contribution in [0.4, 0.5) is 5.69 Å². The summed E-state index contributed by atoms with van der Waals surface area (Å²) in [5, 5.41) is 7.58. The quantitative estimate of drug-likeness (QED) is 0.509. The zero-order valence-electron chi connectivity index (χ0n) is 11.8. The minimum absolute atomic E-state index is 0.463. The van der Waals surface area contributed by atoms with Crippen LogP contribution in [0.25, 0.3) is 6.08 Å². The molecule has 0 heterocycles. The van der Waals surface area contributed by atoms with Gasteiger partial charge in [0.15, 0.2) is 5.11 Å². The summed E-state index contributed by atoms with van der Waals surface area (Å²) in [6.45, 7) is 2.04. The minimum Gasteiger partial charge on any atom is -0.331 e. The fourth-order valence-corrected chi connectivity index (χ4v) is 1.91. The van der Waals surface area contributed by atoms with Crippen LogP contribution in [0.2, 0.25) is 0 Å². The molecule has 2 rings (SSSR count). The number of anilines is 1. The molecule has 0 radical (unpaired) electrons. The van der Waals surface area contributed by atoms with Crippen LogP contribution in [0.15, 0.2) is 65.8 Å². The van der Waals surface area contributed by atoms with Crippen molar-refractivity contribution in [3.05, 3.63) is 71.8 Å². The summed E-state index contributed by atoms with van der Waals surface area (Å²) in [7, 11) is 0. The molecule has 0 aromatic heterocycles. The summed E-state index contributed by atoms with van der Waals surface area (Å²) in [6.07, 6.45) is 5.50. The van der Waals surface area contributed by atoms with E-state index in [2.05, 4.69) is 15.8 Å². The largest absolute Gasteiger partial charge is 0.331 e. The lowest BCUT2D eigenvalue weighted by Crippen LogP contribution is -2.23. The highest BCUT2D eigenvalue weighted by Crippen LogP contribution is 2.08. The van der Waals surface area contributed by atoms with E-state index >= 15 is 0 Å². The van der Waals surface area contributed by atoms with E-state index in [1.165, 1.54) is 5.56 Å². The van der Waals surface area contributed by atoms with Crippen molar-refractivity contribution in [2.24, 2.45) is 5.10 Å². The van der Waals surface area contributed by atoms with Crippen molar-refractivity contribution in [3.8, 4) is 0 Å². The van der Waals surface area contributed by atoms with Crippen LogP contribution in [0.5, 0.6) is 0 Å². The van der Waals surface area contributed by atoms with Crippen LogP contribution in [0.1, 0.15) is 11.1 Å².